The first-order valence-electron chi connectivity index (χ1n) is 10.3. The lowest BCUT2D eigenvalue weighted by Crippen LogP contribution is -2.43. The van der Waals surface area contributed by atoms with Crippen LogP contribution in [0.4, 0.5) is 5.69 Å². The maximum absolute atomic E-state index is 13.1. The van der Waals surface area contributed by atoms with Crippen molar-refractivity contribution in [3.8, 4) is 0 Å². The Hall–Kier alpha value is -4.12. The standard InChI is InChI=1S/C22H18ClN5O6/c1-2-8-26(10-17-24-15-9-12(23)6-7-13(15)20(30)25-17)18(29)11-27-21(31)14-4-3-5-16(28(33)34)19(14)22(27)32/h3-7,9H,2,8,10-11H2,1H3,(H,24,25,30). The van der Waals surface area contributed by atoms with E-state index in [0.29, 0.717) is 27.2 Å². The number of imide groups is 1. The second kappa shape index (κ2) is 9.02. The number of hydrogen-bond acceptors (Lipinski definition) is 7. The molecule has 1 N–H and O–H groups in total. The summed E-state index contributed by atoms with van der Waals surface area (Å²) in [5.74, 6) is -2.04. The van der Waals surface area contributed by atoms with Crippen molar-refractivity contribution in [1.82, 2.24) is 19.8 Å². The molecule has 0 atom stereocenters. The zero-order valence-electron chi connectivity index (χ0n) is 17.9. The fraction of sp³-hybridized carbons (Fsp3) is 0.227. The number of halogens is 1. The quantitative estimate of drug-likeness (QED) is 0.308. The largest absolute Gasteiger partial charge is 0.334 e. The van der Waals surface area contributed by atoms with Gasteiger partial charge in [0, 0.05) is 17.6 Å². The topological polar surface area (TPSA) is 147 Å². The lowest BCUT2D eigenvalue weighted by Gasteiger charge is -2.24. The van der Waals surface area contributed by atoms with Crippen LogP contribution in [0.3, 0.4) is 0 Å². The van der Waals surface area contributed by atoms with Gasteiger partial charge in [0.05, 0.1) is 27.9 Å². The summed E-state index contributed by atoms with van der Waals surface area (Å²) in [5.41, 5.74) is -0.972. The molecule has 1 aliphatic rings. The first-order valence-corrected chi connectivity index (χ1v) is 10.7. The van der Waals surface area contributed by atoms with Crippen molar-refractivity contribution in [1.29, 1.82) is 0 Å². The van der Waals surface area contributed by atoms with Gasteiger partial charge >= 0.3 is 0 Å². The molecule has 0 aliphatic carbocycles. The number of fused-ring (bicyclic) bond motifs is 2. The Labute approximate surface area is 197 Å². The lowest BCUT2D eigenvalue weighted by molar-refractivity contribution is -0.385. The molecule has 174 valence electrons. The molecule has 3 amide bonds. The summed E-state index contributed by atoms with van der Waals surface area (Å²) in [6.45, 7) is 1.42. The minimum Gasteiger partial charge on any atom is -0.334 e. The van der Waals surface area contributed by atoms with Crippen molar-refractivity contribution in [2.75, 3.05) is 13.1 Å². The Bertz CT molecular complexity index is 1420. The van der Waals surface area contributed by atoms with E-state index in [-0.39, 0.29) is 30.0 Å². The summed E-state index contributed by atoms with van der Waals surface area (Å²) in [6, 6.07) is 8.40. The average Bonchev–Trinajstić information content (AvgIpc) is 3.03. The Morgan fingerprint density at radius 3 is 2.68 bits per heavy atom. The van der Waals surface area contributed by atoms with Gasteiger partial charge < -0.3 is 9.88 Å². The van der Waals surface area contributed by atoms with Gasteiger partial charge in [-0.1, -0.05) is 24.6 Å². The van der Waals surface area contributed by atoms with Crippen LogP contribution in [0, 0.1) is 10.1 Å². The molecule has 34 heavy (non-hydrogen) atoms. The molecule has 11 nitrogen and oxygen atoms in total. The highest BCUT2D eigenvalue weighted by atomic mass is 35.5. The first-order chi connectivity index (χ1) is 16.2. The molecule has 12 heteroatoms. The Kier molecular flexibility index (Phi) is 6.12. The van der Waals surface area contributed by atoms with Gasteiger partial charge in [0.1, 0.15) is 17.9 Å². The molecule has 3 aromatic rings. The van der Waals surface area contributed by atoms with Gasteiger partial charge in [0.15, 0.2) is 0 Å². The van der Waals surface area contributed by atoms with Crippen LogP contribution in [0.15, 0.2) is 41.2 Å². The fourth-order valence-electron chi connectivity index (χ4n) is 3.83. The minimum atomic E-state index is -0.899. The maximum atomic E-state index is 13.1. The number of nitro benzene ring substituents is 1. The molecular formula is C22H18ClN5O6. The zero-order valence-corrected chi connectivity index (χ0v) is 18.7. The number of aromatic nitrogens is 2. The number of benzene rings is 2. The van der Waals surface area contributed by atoms with E-state index in [2.05, 4.69) is 9.97 Å². The van der Waals surface area contributed by atoms with E-state index in [1.165, 1.54) is 23.1 Å². The molecule has 0 saturated carbocycles. The molecule has 2 aromatic carbocycles. The number of hydrogen-bond donors (Lipinski definition) is 1. The van der Waals surface area contributed by atoms with Gasteiger partial charge in [-0.15, -0.1) is 0 Å². The molecule has 0 radical (unpaired) electrons. The number of carbonyl (C=O) groups excluding carboxylic acids is 3. The molecule has 1 aliphatic heterocycles. The number of aromatic amines is 1. The summed E-state index contributed by atoms with van der Waals surface area (Å²) in [7, 11) is 0. The molecule has 0 fully saturated rings. The highest BCUT2D eigenvalue weighted by Crippen LogP contribution is 2.30. The van der Waals surface area contributed by atoms with E-state index < -0.39 is 40.4 Å². The molecular weight excluding hydrogens is 466 g/mol. The molecule has 4 rings (SSSR count). The van der Waals surface area contributed by atoms with E-state index in [1.807, 2.05) is 6.92 Å². The lowest BCUT2D eigenvalue weighted by atomic mass is 10.1. The molecule has 0 saturated heterocycles. The SMILES string of the molecule is CCCN(Cc1nc2cc(Cl)ccc2c(=O)[nH]1)C(=O)CN1C(=O)c2cccc([N+](=O)[O-])c2C1=O. The van der Waals surface area contributed by atoms with Crippen LogP contribution in [0.1, 0.15) is 39.9 Å². The molecule has 0 spiro atoms. The van der Waals surface area contributed by atoms with Crippen molar-refractivity contribution in [2.24, 2.45) is 0 Å². The van der Waals surface area contributed by atoms with Crippen molar-refractivity contribution in [3.63, 3.8) is 0 Å². The third kappa shape index (κ3) is 4.13. The zero-order chi connectivity index (χ0) is 24.6. The van der Waals surface area contributed by atoms with Crippen LogP contribution < -0.4 is 5.56 Å². The number of nitrogens with zero attached hydrogens (tertiary/aromatic N) is 4. The second-order valence-electron chi connectivity index (χ2n) is 7.64. The first kappa shape index (κ1) is 23.1. The number of rotatable bonds is 7. The summed E-state index contributed by atoms with van der Waals surface area (Å²) >= 11 is 5.99. The van der Waals surface area contributed by atoms with Crippen LogP contribution >= 0.6 is 11.6 Å². The van der Waals surface area contributed by atoms with Crippen LogP contribution in [-0.4, -0.2) is 55.5 Å². The van der Waals surface area contributed by atoms with Gasteiger partial charge in [-0.05, 0) is 30.7 Å². The number of amides is 3. The highest BCUT2D eigenvalue weighted by Gasteiger charge is 2.42. The van der Waals surface area contributed by atoms with E-state index >= 15 is 0 Å². The van der Waals surface area contributed by atoms with E-state index in [9.17, 15) is 29.3 Å². The molecule has 0 unspecified atom stereocenters. The summed E-state index contributed by atoms with van der Waals surface area (Å²) in [6.07, 6.45) is 0.559. The Balaban J connectivity index is 1.59. The van der Waals surface area contributed by atoms with E-state index in [1.54, 1.807) is 12.1 Å². The monoisotopic (exact) mass is 483 g/mol. The van der Waals surface area contributed by atoms with Crippen LogP contribution in [0.5, 0.6) is 0 Å². The predicted molar refractivity (Wildman–Crippen MR) is 122 cm³/mol. The minimum absolute atomic E-state index is 0.0757. The number of nitrogens with one attached hydrogen (secondary N) is 1. The number of carbonyl (C=O) groups is 3. The highest BCUT2D eigenvalue weighted by molar-refractivity contribution is 6.31. The van der Waals surface area contributed by atoms with Gasteiger partial charge in [-0.3, -0.25) is 34.2 Å². The van der Waals surface area contributed by atoms with Crippen molar-refractivity contribution in [3.05, 3.63) is 78.8 Å². The van der Waals surface area contributed by atoms with Gasteiger partial charge in [-0.25, -0.2) is 4.98 Å². The van der Waals surface area contributed by atoms with Gasteiger partial charge in [0.2, 0.25) is 5.91 Å². The normalized spacial score (nSPS) is 12.8. The molecule has 2 heterocycles. The van der Waals surface area contributed by atoms with Crippen LogP contribution in [0.2, 0.25) is 5.02 Å². The van der Waals surface area contributed by atoms with Crippen molar-refractivity contribution in [2.45, 2.75) is 19.9 Å². The van der Waals surface area contributed by atoms with E-state index in [4.69, 9.17) is 11.6 Å². The van der Waals surface area contributed by atoms with Crippen molar-refractivity contribution >= 4 is 45.9 Å². The molecule has 0 bridgehead atoms. The van der Waals surface area contributed by atoms with Crippen LogP contribution in [-0.2, 0) is 11.3 Å². The third-order valence-corrected chi connectivity index (χ3v) is 5.61. The van der Waals surface area contributed by atoms with E-state index in [0.717, 1.165) is 6.07 Å². The summed E-state index contributed by atoms with van der Waals surface area (Å²) < 4.78 is 0. The maximum Gasteiger partial charge on any atom is 0.282 e. The third-order valence-electron chi connectivity index (χ3n) is 5.37. The van der Waals surface area contributed by atoms with Gasteiger partial charge in [0.25, 0.3) is 23.1 Å². The fourth-order valence-corrected chi connectivity index (χ4v) is 3.99. The van der Waals surface area contributed by atoms with Gasteiger partial charge in [-0.2, -0.15) is 0 Å². The Morgan fingerprint density at radius 2 is 1.97 bits per heavy atom. The van der Waals surface area contributed by atoms with Crippen LogP contribution in [0.25, 0.3) is 10.9 Å². The van der Waals surface area contributed by atoms with Crippen molar-refractivity contribution < 1.29 is 19.3 Å². The summed E-state index contributed by atoms with van der Waals surface area (Å²) in [4.78, 5) is 70.6. The molecule has 1 aromatic heterocycles. The average molecular weight is 484 g/mol. The predicted octanol–water partition coefficient (Wildman–Crippen LogP) is 2.52. The second-order valence-corrected chi connectivity index (χ2v) is 8.08. The number of H-pyrrole nitrogens is 1. The Morgan fingerprint density at radius 1 is 1.21 bits per heavy atom. The smallest absolute Gasteiger partial charge is 0.282 e. The number of nitro groups is 1. The summed E-state index contributed by atoms with van der Waals surface area (Å²) in [5, 5.41) is 12.0.